The molecule has 1 atom stereocenters. The number of hydrogen-bond acceptors (Lipinski definition) is 4. The Morgan fingerprint density at radius 2 is 2.06 bits per heavy atom. The molecule has 0 bridgehead atoms. The second-order valence-corrected chi connectivity index (χ2v) is 4.71. The fourth-order valence-corrected chi connectivity index (χ4v) is 1.85. The lowest BCUT2D eigenvalue weighted by molar-refractivity contribution is -0.150. The van der Waals surface area contributed by atoms with Gasteiger partial charge in [0.25, 0.3) is 0 Å². The van der Waals surface area contributed by atoms with Crippen LogP contribution in [0.2, 0.25) is 0 Å². The van der Waals surface area contributed by atoms with Gasteiger partial charge in [-0.05, 0) is 26.3 Å². The van der Waals surface area contributed by atoms with Gasteiger partial charge in [-0.2, -0.15) is 0 Å². The van der Waals surface area contributed by atoms with Crippen molar-refractivity contribution in [2.45, 2.75) is 39.7 Å². The number of nitrogens with one attached hydrogen (secondary N) is 1. The summed E-state index contributed by atoms with van der Waals surface area (Å²) < 4.78 is 4.91. The first-order chi connectivity index (χ1) is 8.60. The number of nitrogens with zero attached hydrogens (tertiary/aromatic N) is 1. The fourth-order valence-electron chi connectivity index (χ4n) is 1.85. The molecular weight excluding hydrogens is 232 g/mol. The smallest absolute Gasteiger partial charge is 0.325 e. The molecule has 18 heavy (non-hydrogen) atoms. The summed E-state index contributed by atoms with van der Waals surface area (Å²) in [6.45, 7) is 7.63. The van der Waals surface area contributed by atoms with Gasteiger partial charge in [0.15, 0.2) is 0 Å². The van der Waals surface area contributed by atoms with E-state index >= 15 is 0 Å². The lowest BCUT2D eigenvalue weighted by Crippen LogP contribution is -2.43. The van der Waals surface area contributed by atoms with Gasteiger partial charge in [0.2, 0.25) is 5.91 Å². The Morgan fingerprint density at radius 1 is 1.39 bits per heavy atom. The van der Waals surface area contributed by atoms with Crippen LogP contribution in [-0.2, 0) is 14.3 Å². The van der Waals surface area contributed by atoms with Gasteiger partial charge in [0, 0.05) is 18.5 Å². The highest BCUT2D eigenvalue weighted by atomic mass is 16.5. The highest BCUT2D eigenvalue weighted by Gasteiger charge is 2.35. The molecule has 104 valence electrons. The van der Waals surface area contributed by atoms with Gasteiger partial charge in [0.1, 0.15) is 6.54 Å². The SMILES string of the molecule is CCNCC(C)C(=O)N(CC(=O)OCC)C1CC1. The Balaban J connectivity index is 2.50. The van der Waals surface area contributed by atoms with Crippen molar-refractivity contribution < 1.29 is 14.3 Å². The standard InChI is InChI=1S/C13H24N2O3/c1-4-14-8-10(3)13(17)15(11-6-7-11)9-12(16)18-5-2/h10-11,14H,4-9H2,1-3H3. The van der Waals surface area contributed by atoms with E-state index in [0.717, 1.165) is 19.4 Å². The van der Waals surface area contributed by atoms with Gasteiger partial charge in [-0.3, -0.25) is 9.59 Å². The summed E-state index contributed by atoms with van der Waals surface area (Å²) in [7, 11) is 0. The summed E-state index contributed by atoms with van der Waals surface area (Å²) in [4.78, 5) is 25.4. The van der Waals surface area contributed by atoms with Crippen LogP contribution in [0.15, 0.2) is 0 Å². The third-order valence-electron chi connectivity index (χ3n) is 3.00. The Bertz CT molecular complexity index is 290. The Morgan fingerprint density at radius 3 is 2.56 bits per heavy atom. The van der Waals surface area contributed by atoms with E-state index in [9.17, 15) is 9.59 Å². The number of carbonyl (C=O) groups is 2. The number of esters is 1. The monoisotopic (exact) mass is 256 g/mol. The van der Waals surface area contributed by atoms with Crippen molar-refractivity contribution in [1.82, 2.24) is 10.2 Å². The van der Waals surface area contributed by atoms with Crippen molar-refractivity contribution in [2.75, 3.05) is 26.2 Å². The minimum Gasteiger partial charge on any atom is -0.465 e. The molecule has 0 aromatic rings. The maximum absolute atomic E-state index is 12.2. The minimum atomic E-state index is -0.312. The normalized spacial score (nSPS) is 16.2. The maximum atomic E-state index is 12.2. The maximum Gasteiger partial charge on any atom is 0.325 e. The van der Waals surface area contributed by atoms with Crippen LogP contribution in [0.1, 0.15) is 33.6 Å². The third-order valence-corrected chi connectivity index (χ3v) is 3.00. The van der Waals surface area contributed by atoms with Gasteiger partial charge in [-0.25, -0.2) is 0 Å². The Kier molecular flexibility index (Phi) is 6.12. The van der Waals surface area contributed by atoms with Gasteiger partial charge >= 0.3 is 5.97 Å². The van der Waals surface area contributed by atoms with Gasteiger partial charge in [-0.1, -0.05) is 13.8 Å². The van der Waals surface area contributed by atoms with E-state index in [1.165, 1.54) is 0 Å². The molecule has 0 aromatic carbocycles. The van der Waals surface area contributed by atoms with Crippen LogP contribution in [0.25, 0.3) is 0 Å². The molecule has 1 amide bonds. The molecule has 1 aliphatic carbocycles. The number of carbonyl (C=O) groups excluding carboxylic acids is 2. The lowest BCUT2D eigenvalue weighted by Gasteiger charge is -2.24. The number of rotatable bonds is 8. The topological polar surface area (TPSA) is 58.6 Å². The van der Waals surface area contributed by atoms with Crippen molar-refractivity contribution >= 4 is 11.9 Å². The first kappa shape index (κ1) is 15.0. The third kappa shape index (κ3) is 4.64. The molecule has 1 aliphatic rings. The van der Waals surface area contributed by atoms with Gasteiger partial charge in [-0.15, -0.1) is 0 Å². The summed E-state index contributed by atoms with van der Waals surface area (Å²) in [6.07, 6.45) is 2.00. The van der Waals surface area contributed by atoms with E-state index in [1.54, 1.807) is 11.8 Å². The highest BCUT2D eigenvalue weighted by Crippen LogP contribution is 2.27. The molecule has 1 fully saturated rings. The van der Waals surface area contributed by atoms with Crippen LogP contribution < -0.4 is 5.32 Å². The molecule has 1 N–H and O–H groups in total. The van der Waals surface area contributed by atoms with Crippen molar-refractivity contribution in [2.24, 2.45) is 5.92 Å². The quantitative estimate of drug-likeness (QED) is 0.652. The number of ether oxygens (including phenoxy) is 1. The molecule has 0 saturated heterocycles. The molecule has 1 unspecified atom stereocenters. The fraction of sp³-hybridized carbons (Fsp3) is 0.846. The number of hydrogen-bond donors (Lipinski definition) is 1. The number of amides is 1. The first-order valence-electron chi connectivity index (χ1n) is 6.76. The van der Waals surface area contributed by atoms with E-state index < -0.39 is 0 Å². The highest BCUT2D eigenvalue weighted by molar-refractivity contribution is 5.84. The predicted octanol–water partition coefficient (Wildman–Crippen LogP) is 0.786. The molecule has 1 saturated carbocycles. The van der Waals surface area contributed by atoms with Crippen LogP contribution in [0.3, 0.4) is 0 Å². The average molecular weight is 256 g/mol. The second-order valence-electron chi connectivity index (χ2n) is 4.71. The molecule has 0 heterocycles. The first-order valence-corrected chi connectivity index (χ1v) is 6.76. The van der Waals surface area contributed by atoms with E-state index in [0.29, 0.717) is 13.2 Å². The van der Waals surface area contributed by atoms with Crippen molar-refractivity contribution in [3.8, 4) is 0 Å². The van der Waals surface area contributed by atoms with Crippen LogP contribution in [0.4, 0.5) is 0 Å². The predicted molar refractivity (Wildman–Crippen MR) is 69.1 cm³/mol. The van der Waals surface area contributed by atoms with Crippen LogP contribution >= 0.6 is 0 Å². The molecule has 0 spiro atoms. The van der Waals surface area contributed by atoms with E-state index in [2.05, 4.69) is 5.32 Å². The molecule has 0 radical (unpaired) electrons. The van der Waals surface area contributed by atoms with Gasteiger partial charge < -0.3 is 15.0 Å². The van der Waals surface area contributed by atoms with Crippen LogP contribution in [0.5, 0.6) is 0 Å². The molecule has 5 heteroatoms. The molecule has 0 aliphatic heterocycles. The van der Waals surface area contributed by atoms with E-state index in [-0.39, 0.29) is 30.4 Å². The zero-order valence-corrected chi connectivity index (χ0v) is 11.6. The molecule has 1 rings (SSSR count). The zero-order valence-electron chi connectivity index (χ0n) is 11.6. The zero-order chi connectivity index (χ0) is 13.5. The summed E-state index contributed by atoms with van der Waals surface area (Å²) >= 11 is 0. The Hall–Kier alpha value is -1.10. The summed E-state index contributed by atoms with van der Waals surface area (Å²) in [6, 6.07) is 0.242. The van der Waals surface area contributed by atoms with Crippen molar-refractivity contribution in [3.63, 3.8) is 0 Å². The molecule has 0 aromatic heterocycles. The van der Waals surface area contributed by atoms with Gasteiger partial charge in [0.05, 0.1) is 6.61 Å². The van der Waals surface area contributed by atoms with E-state index in [4.69, 9.17) is 4.74 Å². The second kappa shape index (κ2) is 7.36. The molecule has 5 nitrogen and oxygen atoms in total. The van der Waals surface area contributed by atoms with E-state index in [1.807, 2.05) is 13.8 Å². The summed E-state index contributed by atoms with van der Waals surface area (Å²) in [5.41, 5.74) is 0. The Labute approximate surface area is 109 Å². The molecular formula is C13H24N2O3. The lowest BCUT2D eigenvalue weighted by atomic mass is 10.1. The van der Waals surface area contributed by atoms with Crippen molar-refractivity contribution in [1.29, 1.82) is 0 Å². The summed E-state index contributed by atoms with van der Waals surface area (Å²) in [5, 5.41) is 3.16. The van der Waals surface area contributed by atoms with Crippen LogP contribution in [0, 0.1) is 5.92 Å². The van der Waals surface area contributed by atoms with Crippen LogP contribution in [-0.4, -0.2) is 49.1 Å². The largest absolute Gasteiger partial charge is 0.465 e. The minimum absolute atomic E-state index is 0.0477. The van der Waals surface area contributed by atoms with Crippen molar-refractivity contribution in [3.05, 3.63) is 0 Å². The summed E-state index contributed by atoms with van der Waals surface area (Å²) in [5.74, 6) is -0.361. The average Bonchev–Trinajstić information content (AvgIpc) is 3.16.